The zero-order chi connectivity index (χ0) is 14.1. The van der Waals surface area contributed by atoms with Crippen LogP contribution in [0, 0.1) is 5.41 Å². The van der Waals surface area contributed by atoms with E-state index in [1.165, 1.54) is 49.5 Å². The normalized spacial score (nSPS) is 24.7. The first-order valence-electron chi connectivity index (χ1n) is 7.76. The van der Waals surface area contributed by atoms with Gasteiger partial charge in [-0.05, 0) is 31.3 Å². The van der Waals surface area contributed by atoms with Gasteiger partial charge in [0.15, 0.2) is 0 Å². The number of benzene rings is 1. The number of nitrogens with one attached hydrogen (secondary N) is 1. The van der Waals surface area contributed by atoms with Gasteiger partial charge in [-0.3, -0.25) is 4.90 Å². The van der Waals surface area contributed by atoms with Crippen molar-refractivity contribution in [2.75, 3.05) is 26.2 Å². The smallest absolute Gasteiger partial charge is 0.123 e. The van der Waals surface area contributed by atoms with Crippen LogP contribution in [0.25, 0.3) is 10.6 Å². The van der Waals surface area contributed by atoms with E-state index in [1.54, 1.807) is 0 Å². The van der Waals surface area contributed by atoms with Crippen LogP contribution in [-0.2, 0) is 6.54 Å². The third-order valence-corrected chi connectivity index (χ3v) is 5.83. The quantitative estimate of drug-likeness (QED) is 0.931. The largest absolute Gasteiger partial charge is 0.316 e. The highest BCUT2D eigenvalue weighted by atomic mass is 35.5. The van der Waals surface area contributed by atoms with Crippen molar-refractivity contribution in [3.05, 3.63) is 41.4 Å². The van der Waals surface area contributed by atoms with Crippen molar-refractivity contribution in [3.63, 3.8) is 0 Å². The lowest BCUT2D eigenvalue weighted by molar-refractivity contribution is 0.270. The van der Waals surface area contributed by atoms with E-state index in [0.29, 0.717) is 5.41 Å². The van der Waals surface area contributed by atoms with Gasteiger partial charge in [-0.15, -0.1) is 23.7 Å². The molecule has 1 atom stereocenters. The molecule has 0 aliphatic carbocycles. The predicted molar refractivity (Wildman–Crippen MR) is 94.6 cm³/mol. The predicted octanol–water partition coefficient (Wildman–Crippen LogP) is 3.42. The molecule has 1 unspecified atom stereocenters. The Bertz CT molecular complexity index is 607. The third-order valence-electron chi connectivity index (χ3n) is 4.80. The minimum atomic E-state index is 0. The molecular weight excluding hydrogens is 314 g/mol. The molecule has 3 heterocycles. The van der Waals surface area contributed by atoms with Gasteiger partial charge in [-0.2, -0.15) is 0 Å². The van der Waals surface area contributed by atoms with E-state index in [-0.39, 0.29) is 12.4 Å². The van der Waals surface area contributed by atoms with Crippen molar-refractivity contribution in [3.8, 4) is 10.6 Å². The average molecular weight is 336 g/mol. The van der Waals surface area contributed by atoms with E-state index >= 15 is 0 Å². The molecule has 2 aliphatic heterocycles. The summed E-state index contributed by atoms with van der Waals surface area (Å²) < 4.78 is 0. The summed E-state index contributed by atoms with van der Waals surface area (Å²) >= 11 is 1.84. The Labute approximate surface area is 142 Å². The van der Waals surface area contributed by atoms with E-state index in [0.717, 1.165) is 11.6 Å². The average Bonchev–Trinajstić information content (AvgIpc) is 3.24. The number of aromatic nitrogens is 1. The number of likely N-dealkylation sites (tertiary alicyclic amines) is 1. The van der Waals surface area contributed by atoms with Gasteiger partial charge in [0.1, 0.15) is 5.01 Å². The fraction of sp³-hybridized carbons (Fsp3) is 0.471. The Morgan fingerprint density at radius 3 is 2.86 bits per heavy atom. The molecule has 1 N–H and O–H groups in total. The second-order valence-corrected chi connectivity index (χ2v) is 7.50. The van der Waals surface area contributed by atoms with Crippen LogP contribution in [0.3, 0.4) is 0 Å². The van der Waals surface area contributed by atoms with Crippen molar-refractivity contribution in [1.29, 1.82) is 0 Å². The van der Waals surface area contributed by atoms with E-state index in [4.69, 9.17) is 0 Å². The molecule has 118 valence electrons. The van der Waals surface area contributed by atoms with Crippen LogP contribution in [0.2, 0.25) is 0 Å². The van der Waals surface area contributed by atoms with E-state index in [2.05, 4.69) is 51.7 Å². The fourth-order valence-corrected chi connectivity index (χ4v) is 4.58. The Balaban J connectivity index is 0.00000144. The molecule has 0 saturated carbocycles. The van der Waals surface area contributed by atoms with Gasteiger partial charge in [0, 0.05) is 36.3 Å². The van der Waals surface area contributed by atoms with Crippen molar-refractivity contribution >= 4 is 23.7 Å². The van der Waals surface area contributed by atoms with Crippen LogP contribution in [-0.4, -0.2) is 36.1 Å². The molecule has 0 amide bonds. The fourth-order valence-electron chi connectivity index (χ4n) is 3.62. The summed E-state index contributed by atoms with van der Waals surface area (Å²) in [5.41, 5.74) is 1.79. The highest BCUT2D eigenvalue weighted by molar-refractivity contribution is 7.15. The Kier molecular flexibility index (Phi) is 4.83. The molecule has 2 fully saturated rings. The van der Waals surface area contributed by atoms with Gasteiger partial charge < -0.3 is 5.32 Å². The van der Waals surface area contributed by atoms with Crippen molar-refractivity contribution in [1.82, 2.24) is 15.2 Å². The number of hydrogen-bond acceptors (Lipinski definition) is 4. The summed E-state index contributed by atoms with van der Waals surface area (Å²) in [5.74, 6) is 0. The first-order chi connectivity index (χ1) is 10.3. The number of hydrogen-bond donors (Lipinski definition) is 1. The molecule has 5 heteroatoms. The lowest BCUT2D eigenvalue weighted by atomic mass is 9.87. The maximum atomic E-state index is 4.60. The molecule has 0 radical (unpaired) electrons. The first-order valence-corrected chi connectivity index (χ1v) is 8.58. The molecule has 2 aromatic rings. The third kappa shape index (κ3) is 3.20. The molecule has 2 saturated heterocycles. The monoisotopic (exact) mass is 335 g/mol. The summed E-state index contributed by atoms with van der Waals surface area (Å²) in [6.07, 6.45) is 4.76. The van der Waals surface area contributed by atoms with Gasteiger partial charge in [0.25, 0.3) is 0 Å². The zero-order valence-corrected chi connectivity index (χ0v) is 14.3. The number of thiazole rings is 1. The van der Waals surface area contributed by atoms with Crippen molar-refractivity contribution in [2.24, 2.45) is 5.41 Å². The van der Waals surface area contributed by atoms with Crippen molar-refractivity contribution < 1.29 is 0 Å². The Morgan fingerprint density at radius 1 is 1.23 bits per heavy atom. The van der Waals surface area contributed by atoms with Gasteiger partial charge in [0.2, 0.25) is 0 Å². The highest BCUT2D eigenvalue weighted by Gasteiger charge is 2.40. The van der Waals surface area contributed by atoms with Crippen LogP contribution in [0.5, 0.6) is 0 Å². The van der Waals surface area contributed by atoms with Crippen LogP contribution in [0.15, 0.2) is 36.5 Å². The first kappa shape index (κ1) is 15.9. The Morgan fingerprint density at radius 2 is 2.09 bits per heavy atom. The molecule has 3 nitrogen and oxygen atoms in total. The summed E-state index contributed by atoms with van der Waals surface area (Å²) in [5, 5.41) is 4.67. The second-order valence-electron chi connectivity index (χ2n) is 6.39. The summed E-state index contributed by atoms with van der Waals surface area (Å²) in [6.45, 7) is 5.96. The molecule has 2 aliphatic rings. The maximum Gasteiger partial charge on any atom is 0.123 e. The maximum absolute atomic E-state index is 4.60. The van der Waals surface area contributed by atoms with Gasteiger partial charge >= 0.3 is 0 Å². The highest BCUT2D eigenvalue weighted by Crippen LogP contribution is 2.37. The van der Waals surface area contributed by atoms with E-state index in [9.17, 15) is 0 Å². The lowest BCUT2D eigenvalue weighted by Crippen LogP contribution is -2.28. The summed E-state index contributed by atoms with van der Waals surface area (Å²) in [6, 6.07) is 10.5. The lowest BCUT2D eigenvalue weighted by Gasteiger charge is -2.22. The zero-order valence-electron chi connectivity index (χ0n) is 12.6. The minimum absolute atomic E-state index is 0. The van der Waals surface area contributed by atoms with Gasteiger partial charge in [-0.1, -0.05) is 30.3 Å². The molecule has 1 spiro atoms. The topological polar surface area (TPSA) is 28.2 Å². The SMILES string of the molecule is Cl.c1ccc(-c2ncc(CN3CCC4(CCNC4)C3)s2)cc1. The summed E-state index contributed by atoms with van der Waals surface area (Å²) in [4.78, 5) is 8.59. The molecular formula is C17H22ClN3S. The number of nitrogens with zero attached hydrogens (tertiary/aromatic N) is 2. The van der Waals surface area contributed by atoms with Crippen LogP contribution in [0.1, 0.15) is 17.7 Å². The molecule has 4 rings (SSSR count). The number of rotatable bonds is 3. The van der Waals surface area contributed by atoms with Gasteiger partial charge in [-0.25, -0.2) is 4.98 Å². The van der Waals surface area contributed by atoms with Gasteiger partial charge in [0.05, 0.1) is 0 Å². The molecule has 1 aromatic carbocycles. The number of halogens is 1. The molecule has 0 bridgehead atoms. The van der Waals surface area contributed by atoms with Crippen LogP contribution in [0.4, 0.5) is 0 Å². The Hall–Kier alpha value is -0.940. The van der Waals surface area contributed by atoms with Crippen LogP contribution >= 0.6 is 23.7 Å². The van der Waals surface area contributed by atoms with E-state index < -0.39 is 0 Å². The standard InChI is InChI=1S/C17H21N3S.ClH/c1-2-4-14(5-3-1)16-19-10-15(21-16)11-20-9-7-17(13-20)6-8-18-12-17;/h1-5,10,18H,6-9,11-13H2;1H. The molecule has 22 heavy (non-hydrogen) atoms. The molecule has 1 aromatic heterocycles. The van der Waals surface area contributed by atoms with Crippen LogP contribution < -0.4 is 5.32 Å². The van der Waals surface area contributed by atoms with E-state index in [1.807, 2.05) is 11.3 Å². The summed E-state index contributed by atoms with van der Waals surface area (Å²) in [7, 11) is 0. The second kappa shape index (κ2) is 6.67. The van der Waals surface area contributed by atoms with Crippen molar-refractivity contribution in [2.45, 2.75) is 19.4 Å². The minimum Gasteiger partial charge on any atom is -0.316 e.